The van der Waals surface area contributed by atoms with Crippen molar-refractivity contribution < 1.29 is 9.21 Å². The zero-order valence-electron chi connectivity index (χ0n) is 9.64. The molecule has 1 aromatic carbocycles. The molecule has 1 amide bonds. The zero-order chi connectivity index (χ0) is 13.1. The van der Waals surface area contributed by atoms with Gasteiger partial charge in [0.1, 0.15) is 11.1 Å². The fourth-order valence-electron chi connectivity index (χ4n) is 1.44. The van der Waals surface area contributed by atoms with Crippen LogP contribution in [0.5, 0.6) is 0 Å². The summed E-state index contributed by atoms with van der Waals surface area (Å²) in [7, 11) is 0. The number of fused-ring (bicyclic) bond motifs is 1. The molecule has 0 aliphatic rings. The van der Waals surface area contributed by atoms with Crippen molar-refractivity contribution in [2.45, 2.75) is 6.92 Å². The quantitative estimate of drug-likeness (QED) is 0.349. The monoisotopic (exact) mass is 245 g/mol. The minimum atomic E-state index is -0.597. The first-order valence-corrected chi connectivity index (χ1v) is 5.21. The average molecular weight is 245 g/mol. The lowest BCUT2D eigenvalue weighted by atomic mass is 10.2. The molecule has 18 heavy (non-hydrogen) atoms. The molecule has 0 bridgehead atoms. The third-order valence-electron chi connectivity index (χ3n) is 2.25. The van der Waals surface area contributed by atoms with E-state index in [-0.39, 0.29) is 17.3 Å². The van der Waals surface area contributed by atoms with Crippen molar-refractivity contribution in [3.05, 3.63) is 46.3 Å². The fourth-order valence-corrected chi connectivity index (χ4v) is 1.44. The van der Waals surface area contributed by atoms with Gasteiger partial charge in [-0.3, -0.25) is 4.79 Å². The largest absolute Gasteiger partial charge is 0.422 e. The molecule has 3 N–H and O–H groups in total. The van der Waals surface area contributed by atoms with Crippen LogP contribution < -0.4 is 16.8 Å². The van der Waals surface area contributed by atoms with Gasteiger partial charge in [0.15, 0.2) is 5.84 Å². The number of hydrogen-bond donors (Lipinski definition) is 2. The van der Waals surface area contributed by atoms with Crippen molar-refractivity contribution in [3.8, 4) is 0 Å². The summed E-state index contributed by atoms with van der Waals surface area (Å²) in [5, 5.41) is 4.33. The van der Waals surface area contributed by atoms with Crippen LogP contribution in [0.2, 0.25) is 0 Å². The number of benzene rings is 1. The van der Waals surface area contributed by atoms with E-state index >= 15 is 0 Å². The summed E-state index contributed by atoms with van der Waals surface area (Å²) >= 11 is 0. The number of hydrazone groups is 1. The summed E-state index contributed by atoms with van der Waals surface area (Å²) in [6.45, 7) is 1.29. The normalized spacial score (nSPS) is 11.5. The lowest BCUT2D eigenvalue weighted by Crippen LogP contribution is -2.26. The highest BCUT2D eigenvalue weighted by atomic mass is 16.4. The number of hydrogen-bond acceptors (Lipinski definition) is 4. The number of carbonyl (C=O) groups excluding carboxylic acids is 1. The molecule has 2 aromatic rings. The van der Waals surface area contributed by atoms with Gasteiger partial charge in [0, 0.05) is 12.3 Å². The Morgan fingerprint density at radius 2 is 2.11 bits per heavy atom. The van der Waals surface area contributed by atoms with E-state index in [4.69, 9.17) is 10.2 Å². The van der Waals surface area contributed by atoms with E-state index in [0.29, 0.717) is 5.58 Å². The average Bonchev–Trinajstić information content (AvgIpc) is 2.35. The number of carbonyl (C=O) groups is 1. The molecule has 0 aliphatic carbocycles. The number of rotatable bonds is 2. The molecule has 0 fully saturated rings. The molecular weight excluding hydrogens is 234 g/mol. The molecular formula is C12H11N3O3. The Morgan fingerprint density at radius 3 is 2.83 bits per heavy atom. The highest BCUT2D eigenvalue weighted by molar-refractivity contribution is 5.99. The number of amides is 1. The standard InChI is InChI=1S/C12H11N3O3/c1-7(16)14-15-11(13)9-6-8-4-2-3-5-10(8)18-12(9)17/h2-6H,1H3,(H2,13,15)(H,14,16). The fraction of sp³-hybridized carbons (Fsp3) is 0.0833. The number of amidine groups is 1. The first kappa shape index (κ1) is 11.8. The predicted molar refractivity (Wildman–Crippen MR) is 67.0 cm³/mol. The summed E-state index contributed by atoms with van der Waals surface area (Å²) in [4.78, 5) is 22.4. The molecule has 0 saturated carbocycles. The summed E-state index contributed by atoms with van der Waals surface area (Å²) in [5.41, 5.74) is 7.76. The SMILES string of the molecule is CC(=O)N/N=C(/N)c1cc2ccccc2oc1=O. The highest BCUT2D eigenvalue weighted by Crippen LogP contribution is 2.12. The summed E-state index contributed by atoms with van der Waals surface area (Å²) in [6, 6.07) is 8.61. The number of nitrogens with one attached hydrogen (secondary N) is 1. The second-order valence-electron chi connectivity index (χ2n) is 3.65. The van der Waals surface area contributed by atoms with Crippen LogP contribution in [0.4, 0.5) is 0 Å². The predicted octanol–water partition coefficient (Wildman–Crippen LogP) is 0.549. The number of para-hydroxylation sites is 1. The van der Waals surface area contributed by atoms with Gasteiger partial charge in [0.25, 0.3) is 0 Å². The topological polar surface area (TPSA) is 97.7 Å². The second-order valence-corrected chi connectivity index (χ2v) is 3.65. The minimum absolute atomic E-state index is 0.0929. The Morgan fingerprint density at radius 1 is 1.39 bits per heavy atom. The van der Waals surface area contributed by atoms with Gasteiger partial charge in [-0.25, -0.2) is 10.2 Å². The Kier molecular flexibility index (Phi) is 3.09. The van der Waals surface area contributed by atoms with Crippen LogP contribution in [0.25, 0.3) is 11.0 Å². The molecule has 0 radical (unpaired) electrons. The van der Waals surface area contributed by atoms with Crippen LogP contribution in [0.1, 0.15) is 12.5 Å². The van der Waals surface area contributed by atoms with E-state index < -0.39 is 5.63 Å². The van der Waals surface area contributed by atoms with E-state index in [1.165, 1.54) is 6.92 Å². The zero-order valence-corrected chi connectivity index (χ0v) is 9.64. The number of nitrogens with two attached hydrogens (primary N) is 1. The van der Waals surface area contributed by atoms with Gasteiger partial charge in [-0.1, -0.05) is 18.2 Å². The van der Waals surface area contributed by atoms with E-state index in [1.807, 2.05) is 6.07 Å². The molecule has 0 aliphatic heterocycles. The van der Waals surface area contributed by atoms with Gasteiger partial charge < -0.3 is 10.2 Å². The molecule has 0 unspecified atom stereocenters. The van der Waals surface area contributed by atoms with Crippen LogP contribution in [0, 0.1) is 0 Å². The van der Waals surface area contributed by atoms with Crippen molar-refractivity contribution >= 4 is 22.7 Å². The third-order valence-corrected chi connectivity index (χ3v) is 2.25. The lowest BCUT2D eigenvalue weighted by molar-refractivity contribution is -0.118. The van der Waals surface area contributed by atoms with Crippen LogP contribution in [-0.4, -0.2) is 11.7 Å². The number of nitrogens with zero attached hydrogens (tertiary/aromatic N) is 1. The van der Waals surface area contributed by atoms with Crippen molar-refractivity contribution in [2.75, 3.05) is 0 Å². The molecule has 1 heterocycles. The van der Waals surface area contributed by atoms with Gasteiger partial charge >= 0.3 is 5.63 Å². The second kappa shape index (κ2) is 4.70. The van der Waals surface area contributed by atoms with Crippen LogP contribution >= 0.6 is 0 Å². The minimum Gasteiger partial charge on any atom is -0.422 e. The summed E-state index contributed by atoms with van der Waals surface area (Å²) in [5.74, 6) is -0.465. The molecule has 0 saturated heterocycles. The van der Waals surface area contributed by atoms with Crippen LogP contribution in [0.15, 0.2) is 44.6 Å². The van der Waals surface area contributed by atoms with E-state index in [9.17, 15) is 9.59 Å². The molecule has 0 spiro atoms. The maximum atomic E-state index is 11.7. The van der Waals surface area contributed by atoms with E-state index in [0.717, 1.165) is 5.39 Å². The maximum Gasteiger partial charge on any atom is 0.347 e. The molecule has 92 valence electrons. The molecule has 6 nitrogen and oxygen atoms in total. The third kappa shape index (κ3) is 2.37. The molecule has 0 atom stereocenters. The van der Waals surface area contributed by atoms with Crippen molar-refractivity contribution in [2.24, 2.45) is 10.8 Å². The van der Waals surface area contributed by atoms with E-state index in [2.05, 4.69) is 10.5 Å². The first-order valence-electron chi connectivity index (χ1n) is 5.21. The van der Waals surface area contributed by atoms with Gasteiger partial charge in [0.05, 0.1) is 0 Å². The smallest absolute Gasteiger partial charge is 0.347 e. The Labute approximate surface area is 102 Å². The van der Waals surface area contributed by atoms with Crippen LogP contribution in [-0.2, 0) is 4.79 Å². The Balaban J connectivity index is 2.51. The Bertz CT molecular complexity index is 688. The van der Waals surface area contributed by atoms with Gasteiger partial charge in [0.2, 0.25) is 5.91 Å². The van der Waals surface area contributed by atoms with Crippen molar-refractivity contribution in [1.29, 1.82) is 0 Å². The Hall–Kier alpha value is -2.63. The summed E-state index contributed by atoms with van der Waals surface area (Å²) in [6.07, 6.45) is 0. The molecule has 1 aromatic heterocycles. The van der Waals surface area contributed by atoms with Crippen LogP contribution in [0.3, 0.4) is 0 Å². The van der Waals surface area contributed by atoms with Crippen molar-refractivity contribution in [3.63, 3.8) is 0 Å². The maximum absolute atomic E-state index is 11.7. The lowest BCUT2D eigenvalue weighted by Gasteiger charge is -2.01. The van der Waals surface area contributed by atoms with Gasteiger partial charge in [-0.15, -0.1) is 0 Å². The van der Waals surface area contributed by atoms with Crippen molar-refractivity contribution in [1.82, 2.24) is 5.43 Å². The van der Waals surface area contributed by atoms with Gasteiger partial charge in [-0.2, -0.15) is 5.10 Å². The molecule has 2 rings (SSSR count). The summed E-state index contributed by atoms with van der Waals surface area (Å²) < 4.78 is 5.09. The van der Waals surface area contributed by atoms with E-state index in [1.54, 1.807) is 24.3 Å². The highest BCUT2D eigenvalue weighted by Gasteiger charge is 2.08. The first-order chi connectivity index (χ1) is 8.58. The van der Waals surface area contributed by atoms with Gasteiger partial charge in [-0.05, 0) is 12.1 Å². The molecule has 6 heteroatoms.